The van der Waals surface area contributed by atoms with Crippen LogP contribution in [0.3, 0.4) is 0 Å². The molecule has 1 saturated heterocycles. The highest BCUT2D eigenvalue weighted by Crippen LogP contribution is 2.58. The molecular weight excluding hydrogens is 288 g/mol. The number of amides is 1. The van der Waals surface area contributed by atoms with Gasteiger partial charge in [0.05, 0.1) is 13.2 Å². The summed E-state index contributed by atoms with van der Waals surface area (Å²) in [5.74, 6) is 3.85. The van der Waals surface area contributed by atoms with Crippen LogP contribution >= 0.6 is 12.4 Å². The number of ether oxygens (including phenoxy) is 1. The molecule has 2 bridgehead atoms. The van der Waals surface area contributed by atoms with E-state index in [1.807, 2.05) is 0 Å². The van der Waals surface area contributed by atoms with Crippen molar-refractivity contribution in [1.29, 1.82) is 0 Å². The largest absolute Gasteiger partial charge is 0.378 e. The Morgan fingerprint density at radius 3 is 2.86 bits per heavy atom. The predicted molar refractivity (Wildman–Crippen MR) is 83.5 cm³/mol. The van der Waals surface area contributed by atoms with Crippen molar-refractivity contribution in [3.63, 3.8) is 0 Å². The summed E-state index contributed by atoms with van der Waals surface area (Å²) in [4.78, 5) is 12.2. The molecule has 4 fully saturated rings. The molecule has 0 spiro atoms. The maximum Gasteiger partial charge on any atom is 0.221 e. The highest BCUT2D eigenvalue weighted by atomic mass is 35.5. The minimum Gasteiger partial charge on any atom is -0.378 e. The summed E-state index contributed by atoms with van der Waals surface area (Å²) in [5.41, 5.74) is 0. The Kier molecular flexibility index (Phi) is 4.77. The van der Waals surface area contributed by atoms with E-state index in [-0.39, 0.29) is 24.4 Å². The van der Waals surface area contributed by atoms with Crippen molar-refractivity contribution in [2.45, 2.75) is 50.6 Å². The number of hydrogen-bond donors (Lipinski definition) is 2. The Balaban J connectivity index is 0.00000132. The number of rotatable bonds is 3. The Morgan fingerprint density at radius 1 is 1.19 bits per heavy atom. The molecule has 1 aliphatic heterocycles. The van der Waals surface area contributed by atoms with Gasteiger partial charge in [-0.05, 0) is 49.4 Å². The standard InChI is InChI=1S/C16H26N2O2.ClH/c19-16(8-11-9-20-5-4-17-11)18-15-7-10-6-14(15)13-3-1-2-12(10)13;/h10-15,17H,1-9H2,(H,18,19);1H. The molecule has 0 aromatic carbocycles. The van der Waals surface area contributed by atoms with Crippen LogP contribution in [-0.2, 0) is 9.53 Å². The fourth-order valence-corrected chi connectivity index (χ4v) is 5.47. The molecule has 4 aliphatic rings. The molecule has 3 aliphatic carbocycles. The van der Waals surface area contributed by atoms with E-state index in [0.29, 0.717) is 19.1 Å². The van der Waals surface area contributed by atoms with Gasteiger partial charge in [-0.3, -0.25) is 4.79 Å². The summed E-state index contributed by atoms with van der Waals surface area (Å²) in [7, 11) is 0. The van der Waals surface area contributed by atoms with Gasteiger partial charge in [0.2, 0.25) is 5.91 Å². The normalized spacial score (nSPS) is 44.2. The maximum atomic E-state index is 12.2. The molecule has 3 saturated carbocycles. The second-order valence-electron chi connectivity index (χ2n) is 7.26. The molecule has 6 atom stereocenters. The fourth-order valence-electron chi connectivity index (χ4n) is 5.47. The smallest absolute Gasteiger partial charge is 0.221 e. The molecule has 0 aromatic rings. The predicted octanol–water partition coefficient (Wildman–Crippen LogP) is 1.73. The first-order valence-electron chi connectivity index (χ1n) is 8.42. The van der Waals surface area contributed by atoms with E-state index in [4.69, 9.17) is 4.74 Å². The van der Waals surface area contributed by atoms with E-state index in [1.54, 1.807) is 0 Å². The van der Waals surface area contributed by atoms with Crippen molar-refractivity contribution in [3.8, 4) is 0 Å². The van der Waals surface area contributed by atoms with Gasteiger partial charge in [0.1, 0.15) is 0 Å². The monoisotopic (exact) mass is 314 g/mol. The Bertz CT molecular complexity index is 386. The van der Waals surface area contributed by atoms with Gasteiger partial charge < -0.3 is 15.4 Å². The van der Waals surface area contributed by atoms with Crippen molar-refractivity contribution in [2.24, 2.45) is 23.7 Å². The number of hydrogen-bond acceptors (Lipinski definition) is 3. The quantitative estimate of drug-likeness (QED) is 0.834. The molecule has 5 heteroatoms. The van der Waals surface area contributed by atoms with Gasteiger partial charge in [-0.15, -0.1) is 12.4 Å². The van der Waals surface area contributed by atoms with E-state index in [1.165, 1.54) is 32.1 Å². The van der Waals surface area contributed by atoms with E-state index >= 15 is 0 Å². The molecule has 0 aromatic heterocycles. The summed E-state index contributed by atoms with van der Waals surface area (Å²) < 4.78 is 5.42. The third kappa shape index (κ3) is 2.95. The molecule has 1 amide bonds. The van der Waals surface area contributed by atoms with E-state index in [0.717, 1.165) is 36.8 Å². The van der Waals surface area contributed by atoms with Crippen LogP contribution in [0.2, 0.25) is 0 Å². The molecule has 0 radical (unpaired) electrons. The summed E-state index contributed by atoms with van der Waals surface area (Å²) in [5, 5.41) is 6.70. The number of carbonyl (C=O) groups is 1. The van der Waals surface area contributed by atoms with Gasteiger partial charge >= 0.3 is 0 Å². The second kappa shape index (κ2) is 6.43. The third-order valence-electron chi connectivity index (χ3n) is 6.21. The fraction of sp³-hybridized carbons (Fsp3) is 0.938. The minimum atomic E-state index is 0. The zero-order valence-corrected chi connectivity index (χ0v) is 13.4. The van der Waals surface area contributed by atoms with Gasteiger partial charge in [0.25, 0.3) is 0 Å². The lowest BCUT2D eigenvalue weighted by atomic mass is 9.79. The number of carbonyl (C=O) groups excluding carboxylic acids is 1. The third-order valence-corrected chi connectivity index (χ3v) is 6.21. The molecule has 6 unspecified atom stereocenters. The lowest BCUT2D eigenvalue weighted by Crippen LogP contribution is -2.47. The van der Waals surface area contributed by atoms with E-state index in [2.05, 4.69) is 10.6 Å². The van der Waals surface area contributed by atoms with E-state index < -0.39 is 0 Å². The van der Waals surface area contributed by atoms with Crippen molar-refractivity contribution in [3.05, 3.63) is 0 Å². The summed E-state index contributed by atoms with van der Waals surface area (Å²) >= 11 is 0. The van der Waals surface area contributed by atoms with Gasteiger partial charge in [0.15, 0.2) is 0 Å². The Morgan fingerprint density at radius 2 is 2.05 bits per heavy atom. The average Bonchev–Trinajstić information content (AvgIpc) is 3.11. The molecular formula is C16H27ClN2O2. The van der Waals surface area contributed by atoms with Gasteiger partial charge in [-0.2, -0.15) is 0 Å². The van der Waals surface area contributed by atoms with Gasteiger partial charge in [-0.25, -0.2) is 0 Å². The number of nitrogens with one attached hydrogen (secondary N) is 2. The molecule has 4 rings (SSSR count). The first-order chi connectivity index (χ1) is 9.81. The lowest BCUT2D eigenvalue weighted by Gasteiger charge is -2.32. The Labute approximate surface area is 133 Å². The molecule has 2 N–H and O–H groups in total. The van der Waals surface area contributed by atoms with Crippen LogP contribution < -0.4 is 10.6 Å². The van der Waals surface area contributed by atoms with Crippen LogP contribution in [0.5, 0.6) is 0 Å². The van der Waals surface area contributed by atoms with Crippen LogP contribution in [-0.4, -0.2) is 37.7 Å². The minimum absolute atomic E-state index is 0. The van der Waals surface area contributed by atoms with Crippen LogP contribution in [0.1, 0.15) is 38.5 Å². The number of fused-ring (bicyclic) bond motifs is 5. The molecule has 120 valence electrons. The molecule has 21 heavy (non-hydrogen) atoms. The summed E-state index contributed by atoms with van der Waals surface area (Å²) in [6.45, 7) is 2.32. The van der Waals surface area contributed by atoms with Crippen LogP contribution in [0.25, 0.3) is 0 Å². The van der Waals surface area contributed by atoms with Crippen molar-refractivity contribution < 1.29 is 9.53 Å². The van der Waals surface area contributed by atoms with Crippen LogP contribution in [0.15, 0.2) is 0 Å². The second-order valence-corrected chi connectivity index (χ2v) is 7.26. The van der Waals surface area contributed by atoms with Crippen molar-refractivity contribution >= 4 is 18.3 Å². The highest BCUT2D eigenvalue weighted by molar-refractivity contribution is 5.85. The van der Waals surface area contributed by atoms with E-state index in [9.17, 15) is 4.79 Å². The van der Waals surface area contributed by atoms with Crippen LogP contribution in [0.4, 0.5) is 0 Å². The lowest BCUT2D eigenvalue weighted by molar-refractivity contribution is -0.123. The van der Waals surface area contributed by atoms with Crippen LogP contribution in [0, 0.1) is 23.7 Å². The topological polar surface area (TPSA) is 50.4 Å². The molecule has 4 nitrogen and oxygen atoms in total. The van der Waals surface area contributed by atoms with Gasteiger partial charge in [0, 0.05) is 25.0 Å². The Hall–Kier alpha value is -0.320. The highest BCUT2D eigenvalue weighted by Gasteiger charge is 2.53. The van der Waals surface area contributed by atoms with Crippen molar-refractivity contribution in [1.82, 2.24) is 10.6 Å². The zero-order chi connectivity index (χ0) is 13.5. The number of halogens is 1. The molecule has 1 heterocycles. The SMILES string of the molecule is Cl.O=C(CC1COCCN1)NC1CC2CC1C1CCCC21. The maximum absolute atomic E-state index is 12.2. The average molecular weight is 315 g/mol. The zero-order valence-electron chi connectivity index (χ0n) is 12.6. The van der Waals surface area contributed by atoms with Gasteiger partial charge in [-0.1, -0.05) is 6.42 Å². The number of morpholine rings is 1. The first kappa shape index (κ1) is 15.6. The first-order valence-corrected chi connectivity index (χ1v) is 8.42. The van der Waals surface area contributed by atoms with Crippen molar-refractivity contribution in [2.75, 3.05) is 19.8 Å². The summed E-state index contributed by atoms with van der Waals surface area (Å²) in [6.07, 6.45) is 7.48. The summed E-state index contributed by atoms with van der Waals surface area (Å²) in [6, 6.07) is 0.679.